The normalized spacial score (nSPS) is 11.6. The average molecular weight is 736 g/mol. The van der Waals surface area contributed by atoms with Crippen molar-refractivity contribution in [2.45, 2.75) is 0 Å². The largest absolute Gasteiger partial charge is 0.307 e. The molecule has 0 fully saturated rings. The van der Waals surface area contributed by atoms with Crippen molar-refractivity contribution >= 4 is 84.8 Å². The summed E-state index contributed by atoms with van der Waals surface area (Å²) in [4.78, 5) is 10.3. The lowest BCUT2D eigenvalue weighted by molar-refractivity contribution is 1.16. The molecule has 4 aromatic heterocycles. The van der Waals surface area contributed by atoms with E-state index < -0.39 is 0 Å². The molecule has 11 rings (SSSR count). The molecule has 0 aliphatic carbocycles. The van der Waals surface area contributed by atoms with Gasteiger partial charge in [-0.3, -0.25) is 0 Å². The summed E-state index contributed by atoms with van der Waals surface area (Å²) in [5.41, 5.74) is 7.14. The van der Waals surface area contributed by atoms with Crippen LogP contribution in [0.5, 0.6) is 0 Å². The smallest absolute Gasteiger partial charge is 0.161 e. The van der Waals surface area contributed by atoms with E-state index in [4.69, 9.17) is 9.97 Å². The molecule has 7 heteroatoms. The molecule has 55 heavy (non-hydrogen) atoms. The van der Waals surface area contributed by atoms with Gasteiger partial charge in [0.25, 0.3) is 0 Å². The van der Waals surface area contributed by atoms with Gasteiger partial charge in [0, 0.05) is 67.8 Å². The topological polar surface area (TPSA) is 78.3 Å². The Bertz CT molecular complexity index is 3470. The third-order valence-electron chi connectivity index (χ3n) is 10.5. The molecule has 0 aliphatic heterocycles. The Morgan fingerprint density at radius 3 is 2.00 bits per heavy atom. The van der Waals surface area contributed by atoms with Crippen LogP contribution in [0.2, 0.25) is 0 Å². The van der Waals surface area contributed by atoms with Crippen LogP contribution in [-0.2, 0) is 0 Å². The first-order chi connectivity index (χ1) is 27.2. The quantitative estimate of drug-likeness (QED) is 0.180. The molecule has 5 nitrogen and oxygen atoms in total. The minimum atomic E-state index is 0.360. The lowest BCUT2D eigenvalue weighted by atomic mass is 9.98. The van der Waals surface area contributed by atoms with Crippen LogP contribution in [0.3, 0.4) is 0 Å². The van der Waals surface area contributed by atoms with E-state index in [0.29, 0.717) is 33.9 Å². The fraction of sp³-hybridized carbons (Fsp3) is 0. The van der Waals surface area contributed by atoms with E-state index in [1.807, 2.05) is 60.7 Å². The molecule has 0 bridgehead atoms. The Morgan fingerprint density at radius 2 is 1.20 bits per heavy atom. The van der Waals surface area contributed by atoms with Crippen LogP contribution in [-0.4, -0.2) is 14.5 Å². The highest BCUT2D eigenvalue weighted by Crippen LogP contribution is 2.44. The fourth-order valence-corrected chi connectivity index (χ4v) is 10.4. The van der Waals surface area contributed by atoms with Crippen LogP contribution in [0.15, 0.2) is 152 Å². The third kappa shape index (κ3) is 4.68. The van der Waals surface area contributed by atoms with Gasteiger partial charge in [-0.1, -0.05) is 109 Å². The highest BCUT2D eigenvalue weighted by atomic mass is 32.1. The highest BCUT2D eigenvalue weighted by molar-refractivity contribution is 7.26. The number of benzene rings is 7. The molecular formula is C48H25N5S2. The summed E-state index contributed by atoms with van der Waals surface area (Å²) in [6.07, 6.45) is 0. The summed E-state index contributed by atoms with van der Waals surface area (Å²) in [6.45, 7) is 0. The number of nitriles is 2. The Labute approximate surface area is 322 Å². The maximum absolute atomic E-state index is 10.9. The SMILES string of the molecule is N#Cc1cc(-c2nc(-c3cccc4c3sc3ccccc34)nc(-c3ccccc3)c2C#N)ccc1-n1c2ccccc2c2ccc3sc4ccccc4c3c21. The molecule has 0 unspecified atom stereocenters. The van der Waals surface area contributed by atoms with Crippen molar-refractivity contribution in [2.75, 3.05) is 0 Å². The minimum Gasteiger partial charge on any atom is -0.307 e. The van der Waals surface area contributed by atoms with Gasteiger partial charge in [-0.15, -0.1) is 22.7 Å². The summed E-state index contributed by atoms with van der Waals surface area (Å²) < 4.78 is 6.94. The van der Waals surface area contributed by atoms with Gasteiger partial charge >= 0.3 is 0 Å². The number of fused-ring (bicyclic) bond motifs is 10. The maximum atomic E-state index is 10.9. The van der Waals surface area contributed by atoms with E-state index in [1.54, 1.807) is 22.7 Å². The zero-order valence-corrected chi connectivity index (χ0v) is 30.6. The lowest BCUT2D eigenvalue weighted by Gasteiger charge is -2.15. The lowest BCUT2D eigenvalue weighted by Crippen LogP contribution is -2.03. The van der Waals surface area contributed by atoms with Crippen molar-refractivity contribution in [2.24, 2.45) is 0 Å². The van der Waals surface area contributed by atoms with Crippen LogP contribution in [0.1, 0.15) is 11.1 Å². The number of hydrogen-bond donors (Lipinski definition) is 0. The van der Waals surface area contributed by atoms with Crippen molar-refractivity contribution in [1.29, 1.82) is 10.5 Å². The predicted molar refractivity (Wildman–Crippen MR) is 228 cm³/mol. The second-order valence-corrected chi connectivity index (χ2v) is 15.6. The van der Waals surface area contributed by atoms with Crippen molar-refractivity contribution in [3.63, 3.8) is 0 Å². The molecule has 0 atom stereocenters. The van der Waals surface area contributed by atoms with E-state index in [9.17, 15) is 10.5 Å². The van der Waals surface area contributed by atoms with Crippen LogP contribution in [0, 0.1) is 22.7 Å². The van der Waals surface area contributed by atoms with Gasteiger partial charge in [0.15, 0.2) is 5.82 Å². The van der Waals surface area contributed by atoms with E-state index in [0.717, 1.165) is 48.7 Å². The zero-order chi connectivity index (χ0) is 36.6. The summed E-state index contributed by atoms with van der Waals surface area (Å²) >= 11 is 3.50. The van der Waals surface area contributed by atoms with Gasteiger partial charge < -0.3 is 4.57 Å². The Kier molecular flexibility index (Phi) is 6.96. The van der Waals surface area contributed by atoms with Crippen LogP contribution in [0.25, 0.3) is 102 Å². The summed E-state index contributed by atoms with van der Waals surface area (Å²) in [5, 5.41) is 28.7. The minimum absolute atomic E-state index is 0.360. The molecule has 0 saturated heterocycles. The van der Waals surface area contributed by atoms with Crippen LogP contribution >= 0.6 is 22.7 Å². The molecule has 11 aromatic rings. The van der Waals surface area contributed by atoms with Gasteiger partial charge in [-0.05, 0) is 42.5 Å². The Morgan fingerprint density at radius 1 is 0.509 bits per heavy atom. The standard InChI is InChI=1S/C48H25N5S2/c49-26-30-25-29(21-23-38(30)53-39-18-7-4-13-31(39)33-22-24-42-43(46(33)53)35-15-6-9-20-41(35)54-42)45-37(27-50)44(28-11-2-1-3-12-28)51-48(52-45)36-17-10-16-34-32-14-5-8-19-40(32)55-47(34)36/h1-25H. The summed E-state index contributed by atoms with van der Waals surface area (Å²) in [7, 11) is 0. The van der Waals surface area contributed by atoms with E-state index in [1.165, 1.54) is 30.3 Å². The third-order valence-corrected chi connectivity index (χ3v) is 12.9. The van der Waals surface area contributed by atoms with Crippen molar-refractivity contribution in [1.82, 2.24) is 14.5 Å². The average Bonchev–Trinajstić information content (AvgIpc) is 3.93. The van der Waals surface area contributed by atoms with E-state index in [-0.39, 0.29) is 0 Å². The molecule has 0 N–H and O–H groups in total. The molecule has 0 radical (unpaired) electrons. The first-order valence-electron chi connectivity index (χ1n) is 17.9. The van der Waals surface area contributed by atoms with Gasteiger partial charge in [0.1, 0.15) is 17.7 Å². The molecule has 0 saturated carbocycles. The van der Waals surface area contributed by atoms with Crippen LogP contribution < -0.4 is 0 Å². The van der Waals surface area contributed by atoms with E-state index in [2.05, 4.69) is 108 Å². The molecule has 254 valence electrons. The number of para-hydroxylation sites is 1. The molecular weight excluding hydrogens is 711 g/mol. The number of aromatic nitrogens is 3. The Balaban J connectivity index is 1.18. The summed E-state index contributed by atoms with van der Waals surface area (Å²) in [6, 6.07) is 56.6. The van der Waals surface area contributed by atoms with Crippen molar-refractivity contribution in [3.8, 4) is 51.7 Å². The second kappa shape index (κ2) is 12.2. The van der Waals surface area contributed by atoms with Crippen molar-refractivity contribution < 1.29 is 0 Å². The predicted octanol–water partition coefficient (Wildman–Crippen LogP) is 13.1. The van der Waals surface area contributed by atoms with Gasteiger partial charge in [0.2, 0.25) is 0 Å². The van der Waals surface area contributed by atoms with Gasteiger partial charge in [0.05, 0.1) is 33.7 Å². The molecule has 7 aromatic carbocycles. The Hall–Kier alpha value is -7.16. The zero-order valence-electron chi connectivity index (χ0n) is 29.0. The number of hydrogen-bond acceptors (Lipinski definition) is 6. The number of nitrogens with zero attached hydrogens (tertiary/aromatic N) is 5. The number of rotatable bonds is 4. The van der Waals surface area contributed by atoms with Gasteiger partial charge in [-0.2, -0.15) is 10.5 Å². The fourth-order valence-electron chi connectivity index (χ4n) is 8.11. The first-order valence-corrected chi connectivity index (χ1v) is 19.5. The molecule has 0 aliphatic rings. The highest BCUT2D eigenvalue weighted by Gasteiger charge is 2.23. The van der Waals surface area contributed by atoms with Gasteiger partial charge in [-0.25, -0.2) is 9.97 Å². The molecule has 0 amide bonds. The van der Waals surface area contributed by atoms with Crippen molar-refractivity contribution in [3.05, 3.63) is 163 Å². The molecule has 4 heterocycles. The second-order valence-electron chi connectivity index (χ2n) is 13.5. The van der Waals surface area contributed by atoms with Crippen LogP contribution in [0.4, 0.5) is 0 Å². The number of thiophene rings is 2. The summed E-state index contributed by atoms with van der Waals surface area (Å²) in [5.74, 6) is 0.529. The first kappa shape index (κ1) is 31.4. The van der Waals surface area contributed by atoms with E-state index >= 15 is 0 Å². The maximum Gasteiger partial charge on any atom is 0.161 e. The molecule has 0 spiro atoms. The monoisotopic (exact) mass is 735 g/mol.